The fraction of sp³-hybridized carbons (Fsp3) is 0.0909. The van der Waals surface area contributed by atoms with Crippen LogP contribution >= 0.6 is 11.6 Å². The number of nitrogens with one attached hydrogen (secondary N) is 1. The fourth-order valence-electron chi connectivity index (χ4n) is 1.18. The number of ether oxygens (including phenoxy) is 1. The Hall–Kier alpha value is -1.81. The molecule has 0 amide bonds. The van der Waals surface area contributed by atoms with Gasteiger partial charge < -0.3 is 10.1 Å². The molecule has 0 spiro atoms. The molecule has 1 aromatic heterocycles. The van der Waals surface area contributed by atoms with Gasteiger partial charge in [0.25, 0.3) is 0 Å². The quantitative estimate of drug-likeness (QED) is 0.889. The number of benzene rings is 1. The van der Waals surface area contributed by atoms with E-state index in [-0.39, 0.29) is 0 Å². The number of halogens is 1. The van der Waals surface area contributed by atoms with Crippen LogP contribution in [0.5, 0.6) is 11.6 Å². The van der Waals surface area contributed by atoms with Crippen LogP contribution in [0.25, 0.3) is 0 Å². The molecule has 0 unspecified atom stereocenters. The van der Waals surface area contributed by atoms with E-state index in [0.29, 0.717) is 16.7 Å². The normalized spacial score (nSPS) is 9.88. The second kappa shape index (κ2) is 4.81. The van der Waals surface area contributed by atoms with Crippen molar-refractivity contribution in [3.8, 4) is 11.6 Å². The molecule has 0 radical (unpaired) electrons. The summed E-state index contributed by atoms with van der Waals surface area (Å²) in [6.45, 7) is 0. The molecule has 2 rings (SSSR count). The fourth-order valence-corrected chi connectivity index (χ4v) is 1.32. The van der Waals surface area contributed by atoms with Gasteiger partial charge in [-0.05, 0) is 24.3 Å². The Morgan fingerprint density at radius 3 is 2.62 bits per heavy atom. The Bertz CT molecular complexity index is 473. The lowest BCUT2D eigenvalue weighted by Crippen LogP contribution is -1.91. The molecule has 0 atom stereocenters. The van der Waals surface area contributed by atoms with Crippen molar-refractivity contribution in [2.45, 2.75) is 0 Å². The van der Waals surface area contributed by atoms with Gasteiger partial charge in [0.2, 0.25) is 5.88 Å². The molecule has 0 saturated heterocycles. The molecule has 82 valence electrons. The van der Waals surface area contributed by atoms with Crippen LogP contribution in [0.4, 0.5) is 5.69 Å². The van der Waals surface area contributed by atoms with Gasteiger partial charge in [-0.25, -0.2) is 9.97 Å². The molecule has 4 nitrogen and oxygen atoms in total. The summed E-state index contributed by atoms with van der Waals surface area (Å²) in [7, 11) is 1.86. The number of rotatable bonds is 3. The Balaban J connectivity index is 2.18. The van der Waals surface area contributed by atoms with E-state index in [1.54, 1.807) is 0 Å². The number of nitrogens with zero attached hydrogens (tertiary/aromatic N) is 2. The summed E-state index contributed by atoms with van der Waals surface area (Å²) < 4.78 is 5.50. The van der Waals surface area contributed by atoms with Crippen molar-refractivity contribution in [2.24, 2.45) is 0 Å². The van der Waals surface area contributed by atoms with Crippen LogP contribution in [0, 0.1) is 0 Å². The zero-order valence-corrected chi connectivity index (χ0v) is 9.40. The first-order valence-corrected chi connectivity index (χ1v) is 5.08. The third kappa shape index (κ3) is 2.41. The van der Waals surface area contributed by atoms with Gasteiger partial charge in [0, 0.05) is 12.7 Å². The van der Waals surface area contributed by atoms with E-state index < -0.39 is 0 Å². The van der Waals surface area contributed by atoms with E-state index in [4.69, 9.17) is 16.3 Å². The molecule has 16 heavy (non-hydrogen) atoms. The monoisotopic (exact) mass is 235 g/mol. The molecule has 0 fully saturated rings. The van der Waals surface area contributed by atoms with E-state index in [1.807, 2.05) is 31.3 Å². The van der Waals surface area contributed by atoms with Gasteiger partial charge in [0.15, 0.2) is 0 Å². The molecule has 2 aromatic rings. The van der Waals surface area contributed by atoms with Gasteiger partial charge in [0.1, 0.15) is 17.1 Å². The Morgan fingerprint density at radius 2 is 2.00 bits per heavy atom. The molecule has 1 heterocycles. The average Bonchev–Trinajstić information content (AvgIpc) is 2.33. The smallest absolute Gasteiger partial charge is 0.241 e. The van der Waals surface area contributed by atoms with Crippen LogP contribution in [-0.4, -0.2) is 17.0 Å². The lowest BCUT2D eigenvalue weighted by atomic mass is 10.3. The van der Waals surface area contributed by atoms with Gasteiger partial charge >= 0.3 is 0 Å². The van der Waals surface area contributed by atoms with Crippen LogP contribution in [0.2, 0.25) is 5.02 Å². The number of hydrogen-bond acceptors (Lipinski definition) is 4. The van der Waals surface area contributed by atoms with Crippen LogP contribution in [0.15, 0.2) is 36.8 Å². The Morgan fingerprint density at radius 1 is 1.25 bits per heavy atom. The predicted molar refractivity (Wildman–Crippen MR) is 63.1 cm³/mol. The molecule has 0 aliphatic carbocycles. The van der Waals surface area contributed by atoms with Crippen LogP contribution in [0.1, 0.15) is 0 Å². The molecule has 1 N–H and O–H groups in total. The highest BCUT2D eigenvalue weighted by atomic mass is 35.5. The molecule has 1 aromatic carbocycles. The molecule has 0 aliphatic heterocycles. The van der Waals surface area contributed by atoms with Crippen LogP contribution in [-0.2, 0) is 0 Å². The van der Waals surface area contributed by atoms with E-state index in [9.17, 15) is 0 Å². The summed E-state index contributed by atoms with van der Waals surface area (Å²) in [5.41, 5.74) is 1.01. The lowest BCUT2D eigenvalue weighted by Gasteiger charge is -2.06. The summed E-state index contributed by atoms with van der Waals surface area (Å²) in [5, 5.41) is 3.41. The minimum absolute atomic E-state index is 0.355. The summed E-state index contributed by atoms with van der Waals surface area (Å²) in [6.07, 6.45) is 2.88. The zero-order chi connectivity index (χ0) is 11.4. The first kappa shape index (κ1) is 10.7. The van der Waals surface area contributed by atoms with Gasteiger partial charge in [-0.2, -0.15) is 0 Å². The molecule has 5 heteroatoms. The van der Waals surface area contributed by atoms with E-state index in [0.717, 1.165) is 5.69 Å². The highest BCUT2D eigenvalue weighted by Gasteiger charge is 2.03. The number of hydrogen-bond donors (Lipinski definition) is 1. The zero-order valence-electron chi connectivity index (χ0n) is 8.64. The van der Waals surface area contributed by atoms with Crippen molar-refractivity contribution in [3.05, 3.63) is 41.8 Å². The Kier molecular flexibility index (Phi) is 3.22. The second-order valence-electron chi connectivity index (χ2n) is 3.05. The van der Waals surface area contributed by atoms with E-state index in [1.165, 1.54) is 12.5 Å². The predicted octanol–water partition coefficient (Wildman–Crippen LogP) is 2.96. The van der Waals surface area contributed by atoms with Crippen molar-refractivity contribution < 1.29 is 4.74 Å². The van der Waals surface area contributed by atoms with E-state index in [2.05, 4.69) is 15.3 Å². The number of aromatic nitrogens is 2. The molecule has 0 saturated carbocycles. The number of anilines is 1. The van der Waals surface area contributed by atoms with E-state index >= 15 is 0 Å². The maximum Gasteiger partial charge on any atom is 0.241 e. The third-order valence-corrected chi connectivity index (χ3v) is 2.25. The third-order valence-electron chi connectivity index (χ3n) is 1.99. The average molecular weight is 236 g/mol. The van der Waals surface area contributed by atoms with Crippen molar-refractivity contribution in [1.29, 1.82) is 0 Å². The van der Waals surface area contributed by atoms with Gasteiger partial charge in [-0.3, -0.25) is 0 Å². The summed E-state index contributed by atoms with van der Waals surface area (Å²) in [4.78, 5) is 7.72. The van der Waals surface area contributed by atoms with Crippen LogP contribution in [0.3, 0.4) is 0 Å². The molecular formula is C11H10ClN3O. The van der Waals surface area contributed by atoms with Gasteiger partial charge in [-0.1, -0.05) is 11.6 Å². The van der Waals surface area contributed by atoms with Crippen molar-refractivity contribution in [1.82, 2.24) is 9.97 Å². The topological polar surface area (TPSA) is 47.0 Å². The molecular weight excluding hydrogens is 226 g/mol. The van der Waals surface area contributed by atoms with Gasteiger partial charge in [-0.15, -0.1) is 0 Å². The molecule has 0 aliphatic rings. The molecule has 0 bridgehead atoms. The maximum absolute atomic E-state index is 5.87. The van der Waals surface area contributed by atoms with Crippen molar-refractivity contribution in [2.75, 3.05) is 12.4 Å². The second-order valence-corrected chi connectivity index (χ2v) is 3.46. The van der Waals surface area contributed by atoms with Crippen molar-refractivity contribution in [3.63, 3.8) is 0 Å². The first-order chi connectivity index (χ1) is 7.79. The minimum Gasteiger partial charge on any atom is -0.437 e. The standard InChI is InChI=1S/C11H10ClN3O/c1-13-8-2-4-9(5-3-8)16-11-10(12)6-14-7-15-11/h2-7,13H,1H3. The highest BCUT2D eigenvalue weighted by Crippen LogP contribution is 2.26. The van der Waals surface area contributed by atoms with Crippen molar-refractivity contribution >= 4 is 17.3 Å². The largest absolute Gasteiger partial charge is 0.437 e. The SMILES string of the molecule is CNc1ccc(Oc2ncncc2Cl)cc1. The summed E-state index contributed by atoms with van der Waals surface area (Å²) in [5.74, 6) is 1.04. The Labute approximate surface area is 98.3 Å². The minimum atomic E-state index is 0.355. The highest BCUT2D eigenvalue weighted by molar-refractivity contribution is 6.31. The summed E-state index contributed by atoms with van der Waals surface area (Å²) in [6, 6.07) is 7.49. The van der Waals surface area contributed by atoms with Gasteiger partial charge in [0.05, 0.1) is 6.20 Å². The maximum atomic E-state index is 5.87. The first-order valence-electron chi connectivity index (χ1n) is 4.71. The summed E-state index contributed by atoms with van der Waals surface area (Å²) >= 11 is 5.87. The lowest BCUT2D eigenvalue weighted by molar-refractivity contribution is 0.462. The van der Waals surface area contributed by atoms with Crippen LogP contribution < -0.4 is 10.1 Å².